The topological polar surface area (TPSA) is 218 Å². The molecule has 7 fully saturated rings. The monoisotopic (exact) mass is 690 g/mol. The van der Waals surface area contributed by atoms with Crippen LogP contribution in [-0.2, 0) is 57.2 Å². The van der Waals surface area contributed by atoms with Crippen LogP contribution in [0.4, 0.5) is 0 Å². The standard InChI is InChI=1S/C34H42O15/c1-15(2)20-10-17-11-31(13-35)19-5-4-16(3)18(19)12-32(17,33(20,31)30(42)43)14-44-34-28(46-24(41)9-7-22(38)39)26-25(27(48-34)29(47-26)49-34)45-23(40)8-6-21(36)37/h10,13,15-19,25-29H,4-9,11-12,14H2,1-3H3,(H,36,37)(H,38,39)(H,42,43). The Balaban J connectivity index is 1.24. The number of ether oxygens (including phenoxy) is 6. The highest BCUT2D eigenvalue weighted by Gasteiger charge is 2.85. The molecule has 4 heterocycles. The molecule has 4 aliphatic heterocycles. The summed E-state index contributed by atoms with van der Waals surface area (Å²) >= 11 is 0. The molecule has 268 valence electrons. The maximum absolute atomic E-state index is 13.9. The van der Waals surface area contributed by atoms with Crippen LogP contribution in [0.5, 0.6) is 0 Å². The minimum absolute atomic E-state index is 0.0733. The van der Waals surface area contributed by atoms with Crippen molar-refractivity contribution >= 4 is 36.1 Å². The molecule has 0 aromatic heterocycles. The first-order valence-electron chi connectivity index (χ1n) is 17.1. The molecule has 0 aromatic rings. The Bertz CT molecular complexity index is 1510. The van der Waals surface area contributed by atoms with E-state index >= 15 is 0 Å². The summed E-state index contributed by atoms with van der Waals surface area (Å²) in [7, 11) is 0. The Morgan fingerprint density at radius 2 is 1.61 bits per heavy atom. The Hall–Kier alpha value is -3.40. The third-order valence-corrected chi connectivity index (χ3v) is 12.7. The zero-order chi connectivity index (χ0) is 35.3. The molecule has 8 bridgehead atoms. The second kappa shape index (κ2) is 11.6. The number of fused-ring (bicyclic) bond motifs is 2. The van der Waals surface area contributed by atoms with E-state index in [-0.39, 0.29) is 36.2 Å². The van der Waals surface area contributed by atoms with Crippen LogP contribution in [0.15, 0.2) is 11.6 Å². The summed E-state index contributed by atoms with van der Waals surface area (Å²) in [6, 6.07) is 0. The van der Waals surface area contributed by atoms with E-state index < -0.39 is 108 Å². The van der Waals surface area contributed by atoms with E-state index in [0.29, 0.717) is 18.4 Å². The fraction of sp³-hybridized carbons (Fsp3) is 0.765. The number of aldehydes is 1. The number of carboxylic acid groups (broad SMARTS) is 3. The van der Waals surface area contributed by atoms with Crippen LogP contribution in [0, 0.1) is 45.8 Å². The van der Waals surface area contributed by atoms with Gasteiger partial charge in [-0.3, -0.25) is 28.7 Å². The van der Waals surface area contributed by atoms with E-state index in [1.165, 1.54) is 0 Å². The Morgan fingerprint density at radius 1 is 0.939 bits per heavy atom. The minimum Gasteiger partial charge on any atom is -0.481 e. The first kappa shape index (κ1) is 34.1. The lowest BCUT2D eigenvalue weighted by molar-refractivity contribution is -0.447. The Morgan fingerprint density at radius 3 is 2.22 bits per heavy atom. The van der Waals surface area contributed by atoms with Crippen molar-refractivity contribution in [2.75, 3.05) is 6.61 Å². The van der Waals surface area contributed by atoms with Gasteiger partial charge in [0.15, 0.2) is 18.5 Å². The number of aliphatic carboxylic acids is 3. The molecular formula is C34H42O15. The van der Waals surface area contributed by atoms with Crippen LogP contribution >= 0.6 is 0 Å². The van der Waals surface area contributed by atoms with E-state index in [2.05, 4.69) is 6.92 Å². The van der Waals surface area contributed by atoms with E-state index in [4.69, 9.17) is 38.6 Å². The minimum atomic E-state index is -2.13. The second-order valence-corrected chi connectivity index (χ2v) is 15.2. The summed E-state index contributed by atoms with van der Waals surface area (Å²) < 4.78 is 36.1. The van der Waals surface area contributed by atoms with E-state index in [0.717, 1.165) is 19.1 Å². The molecule has 49 heavy (non-hydrogen) atoms. The molecule has 0 spiro atoms. The fourth-order valence-electron chi connectivity index (χ4n) is 10.9. The summed E-state index contributed by atoms with van der Waals surface area (Å²) in [5, 5.41) is 29.4. The molecule has 3 saturated carbocycles. The molecule has 13 unspecified atom stereocenters. The van der Waals surface area contributed by atoms with Gasteiger partial charge in [0.1, 0.15) is 17.8 Å². The van der Waals surface area contributed by atoms with Crippen LogP contribution in [0.2, 0.25) is 0 Å². The van der Waals surface area contributed by atoms with Gasteiger partial charge in [-0.25, -0.2) is 0 Å². The number of allylic oxidation sites excluding steroid dienone is 1. The number of hydrogen-bond donors (Lipinski definition) is 3. The zero-order valence-electron chi connectivity index (χ0n) is 27.5. The Kier molecular flexibility index (Phi) is 8.04. The molecular weight excluding hydrogens is 648 g/mol. The Labute approximate surface area is 281 Å². The number of rotatable bonds is 14. The third kappa shape index (κ3) is 4.53. The molecule has 3 N–H and O–H groups in total. The number of carboxylic acids is 3. The van der Waals surface area contributed by atoms with Crippen molar-refractivity contribution in [3.63, 3.8) is 0 Å². The number of carbonyl (C=O) groups is 6. The quantitative estimate of drug-likeness (QED) is 0.135. The van der Waals surface area contributed by atoms with Gasteiger partial charge in [0.25, 0.3) is 0 Å². The first-order valence-corrected chi connectivity index (χ1v) is 17.1. The zero-order valence-corrected chi connectivity index (χ0v) is 27.5. The van der Waals surface area contributed by atoms with Gasteiger partial charge in [-0.15, -0.1) is 0 Å². The van der Waals surface area contributed by atoms with Crippen LogP contribution in [-0.4, -0.2) is 94.7 Å². The third-order valence-electron chi connectivity index (χ3n) is 12.7. The van der Waals surface area contributed by atoms with Crippen LogP contribution in [0.3, 0.4) is 0 Å². The van der Waals surface area contributed by atoms with Gasteiger partial charge in [0, 0.05) is 5.41 Å². The van der Waals surface area contributed by atoms with Gasteiger partial charge >= 0.3 is 35.8 Å². The molecule has 0 amide bonds. The molecule has 15 heteroatoms. The van der Waals surface area contributed by atoms with Gasteiger partial charge in [0.05, 0.1) is 37.7 Å². The van der Waals surface area contributed by atoms with E-state index in [1.54, 1.807) is 0 Å². The van der Waals surface area contributed by atoms with Crippen molar-refractivity contribution in [3.8, 4) is 0 Å². The van der Waals surface area contributed by atoms with Crippen molar-refractivity contribution in [1.82, 2.24) is 0 Å². The van der Waals surface area contributed by atoms with Crippen molar-refractivity contribution in [2.45, 2.75) is 109 Å². The summed E-state index contributed by atoms with van der Waals surface area (Å²) in [6.07, 6.45) is -2.65. The summed E-state index contributed by atoms with van der Waals surface area (Å²) in [4.78, 5) is 75.0. The number of esters is 2. The van der Waals surface area contributed by atoms with Crippen LogP contribution in [0.25, 0.3) is 0 Å². The highest BCUT2D eigenvalue weighted by atomic mass is 17.0. The molecule has 0 radical (unpaired) electrons. The fourth-order valence-corrected chi connectivity index (χ4v) is 10.9. The lowest BCUT2D eigenvalue weighted by Gasteiger charge is -2.58. The first-order chi connectivity index (χ1) is 23.2. The number of hydrogen-bond acceptors (Lipinski definition) is 12. The molecule has 13 atom stereocenters. The predicted octanol–water partition coefficient (Wildman–Crippen LogP) is 2.29. The molecule has 8 aliphatic rings. The lowest BCUT2D eigenvalue weighted by Crippen LogP contribution is -2.66. The molecule has 8 rings (SSSR count). The molecule has 4 saturated heterocycles. The van der Waals surface area contributed by atoms with Gasteiger partial charge in [-0.2, -0.15) is 0 Å². The van der Waals surface area contributed by atoms with Gasteiger partial charge in [-0.1, -0.05) is 38.8 Å². The maximum Gasteiger partial charge on any atom is 0.328 e. The van der Waals surface area contributed by atoms with Gasteiger partial charge in [-0.05, 0) is 48.9 Å². The largest absolute Gasteiger partial charge is 0.481 e. The SMILES string of the molecule is CC(C)C1=CC2CC3(C=O)C4CCC(C)C4CC2(COC24OC5OC(C(OC(=O)CCC(=O)O)C5O2)C4OC(=O)CCC(=O)O)C13C(=O)O. The van der Waals surface area contributed by atoms with Gasteiger partial charge < -0.3 is 43.8 Å². The number of carbonyl (C=O) groups excluding carboxylic acids is 3. The molecule has 15 nitrogen and oxygen atoms in total. The predicted molar refractivity (Wildman–Crippen MR) is 159 cm³/mol. The summed E-state index contributed by atoms with van der Waals surface area (Å²) in [6.45, 7) is 5.76. The van der Waals surface area contributed by atoms with Crippen LogP contribution in [0.1, 0.15) is 72.1 Å². The van der Waals surface area contributed by atoms with E-state index in [1.807, 2.05) is 19.9 Å². The van der Waals surface area contributed by atoms with Crippen molar-refractivity contribution < 1.29 is 72.5 Å². The summed E-state index contributed by atoms with van der Waals surface area (Å²) in [5.74, 6) is -7.70. The average Bonchev–Trinajstić information content (AvgIpc) is 3.77. The lowest BCUT2D eigenvalue weighted by atomic mass is 9.43. The van der Waals surface area contributed by atoms with Crippen molar-refractivity contribution in [3.05, 3.63) is 11.6 Å². The van der Waals surface area contributed by atoms with Crippen molar-refractivity contribution in [1.29, 1.82) is 0 Å². The second-order valence-electron chi connectivity index (χ2n) is 15.2. The highest BCUT2D eigenvalue weighted by molar-refractivity contribution is 5.90. The van der Waals surface area contributed by atoms with Crippen LogP contribution < -0.4 is 0 Å². The molecule has 4 aliphatic carbocycles. The average molecular weight is 691 g/mol. The van der Waals surface area contributed by atoms with Crippen molar-refractivity contribution in [2.24, 2.45) is 45.8 Å². The normalized spacial score (nSPS) is 44.9. The van der Waals surface area contributed by atoms with Gasteiger partial charge in [0.2, 0.25) is 6.10 Å². The molecule has 0 aromatic carbocycles. The summed E-state index contributed by atoms with van der Waals surface area (Å²) in [5.41, 5.74) is -3.10. The maximum atomic E-state index is 13.9. The highest BCUT2D eigenvalue weighted by Crippen LogP contribution is 2.82. The smallest absolute Gasteiger partial charge is 0.328 e. The van der Waals surface area contributed by atoms with E-state index in [9.17, 15) is 33.9 Å².